The van der Waals surface area contributed by atoms with Crippen LogP contribution in [0.4, 0.5) is 9.18 Å². The van der Waals surface area contributed by atoms with Crippen molar-refractivity contribution >= 4 is 12.0 Å². The van der Waals surface area contributed by atoms with Gasteiger partial charge in [0.05, 0.1) is 12.5 Å². The van der Waals surface area contributed by atoms with Crippen LogP contribution < -0.4 is 10.6 Å². The van der Waals surface area contributed by atoms with Gasteiger partial charge in [-0.2, -0.15) is 0 Å². The summed E-state index contributed by atoms with van der Waals surface area (Å²) in [5, 5.41) is 14.2. The average molecular weight is 296 g/mol. The molecule has 1 aromatic rings. The van der Waals surface area contributed by atoms with E-state index in [9.17, 15) is 14.0 Å². The standard InChI is InChI=1S/C15H21FN2O3/c1-3-4-13(9-14(19)20)18-15(21)17-10(2)11-5-7-12(16)8-6-11/h5-8,10,13H,3-4,9H2,1-2H3,(H,19,20)(H2,17,18,21). The van der Waals surface area contributed by atoms with E-state index in [4.69, 9.17) is 5.11 Å². The molecule has 2 unspecified atom stereocenters. The van der Waals surface area contributed by atoms with Crippen LogP contribution in [-0.4, -0.2) is 23.1 Å². The summed E-state index contributed by atoms with van der Waals surface area (Å²) < 4.78 is 12.8. The van der Waals surface area contributed by atoms with Crippen LogP contribution in [0.25, 0.3) is 0 Å². The molecule has 2 amide bonds. The van der Waals surface area contributed by atoms with Crippen LogP contribution in [0.1, 0.15) is 44.7 Å². The molecule has 0 aliphatic carbocycles. The van der Waals surface area contributed by atoms with Gasteiger partial charge in [0.1, 0.15) is 5.82 Å². The predicted octanol–water partition coefficient (Wildman–Crippen LogP) is 2.83. The SMILES string of the molecule is CCCC(CC(=O)O)NC(=O)NC(C)c1ccc(F)cc1. The second-order valence-electron chi connectivity index (χ2n) is 4.97. The molecule has 3 N–H and O–H groups in total. The van der Waals surface area contributed by atoms with Gasteiger partial charge < -0.3 is 15.7 Å². The van der Waals surface area contributed by atoms with Gasteiger partial charge in [-0.1, -0.05) is 25.5 Å². The molecule has 0 heterocycles. The Morgan fingerprint density at radius 3 is 2.38 bits per heavy atom. The van der Waals surface area contributed by atoms with Gasteiger partial charge in [0.15, 0.2) is 0 Å². The number of carboxylic acids is 1. The van der Waals surface area contributed by atoms with Crippen LogP contribution in [0.3, 0.4) is 0 Å². The summed E-state index contributed by atoms with van der Waals surface area (Å²) in [7, 11) is 0. The van der Waals surface area contributed by atoms with Crippen LogP contribution >= 0.6 is 0 Å². The number of nitrogens with one attached hydrogen (secondary N) is 2. The quantitative estimate of drug-likeness (QED) is 0.724. The highest BCUT2D eigenvalue weighted by Crippen LogP contribution is 2.12. The van der Waals surface area contributed by atoms with Gasteiger partial charge >= 0.3 is 12.0 Å². The summed E-state index contributed by atoms with van der Waals surface area (Å²) in [6, 6.07) is 4.74. The van der Waals surface area contributed by atoms with E-state index < -0.39 is 18.0 Å². The molecule has 0 saturated carbocycles. The maximum absolute atomic E-state index is 12.8. The number of urea groups is 1. The summed E-state index contributed by atoms with van der Waals surface area (Å²) in [4.78, 5) is 22.6. The Balaban J connectivity index is 2.54. The highest BCUT2D eigenvalue weighted by Gasteiger charge is 2.16. The molecule has 0 aliphatic heterocycles. The molecule has 116 valence electrons. The molecule has 0 saturated heterocycles. The first-order chi connectivity index (χ1) is 9.92. The minimum absolute atomic E-state index is 0.105. The maximum atomic E-state index is 12.8. The van der Waals surface area contributed by atoms with Crippen molar-refractivity contribution in [3.8, 4) is 0 Å². The Bertz CT molecular complexity index is 476. The molecule has 6 heteroatoms. The Morgan fingerprint density at radius 1 is 1.24 bits per heavy atom. The summed E-state index contributed by atoms with van der Waals surface area (Å²) in [6.07, 6.45) is 1.28. The molecule has 1 aromatic carbocycles. The average Bonchev–Trinajstić information content (AvgIpc) is 2.38. The predicted molar refractivity (Wildman–Crippen MR) is 77.4 cm³/mol. The number of halogens is 1. The zero-order valence-corrected chi connectivity index (χ0v) is 12.2. The molecule has 0 fully saturated rings. The summed E-state index contributed by atoms with van der Waals surface area (Å²) >= 11 is 0. The Hall–Kier alpha value is -2.11. The molecular weight excluding hydrogens is 275 g/mol. The van der Waals surface area contributed by atoms with E-state index in [-0.39, 0.29) is 18.3 Å². The third-order valence-electron chi connectivity index (χ3n) is 3.11. The van der Waals surface area contributed by atoms with E-state index in [0.717, 1.165) is 12.0 Å². The van der Waals surface area contributed by atoms with Crippen LogP contribution in [-0.2, 0) is 4.79 Å². The summed E-state index contributed by atoms with van der Waals surface area (Å²) in [6.45, 7) is 3.70. The van der Waals surface area contributed by atoms with Gasteiger partial charge in [0.2, 0.25) is 0 Å². The third kappa shape index (κ3) is 6.25. The van der Waals surface area contributed by atoms with Gasteiger partial charge in [-0.15, -0.1) is 0 Å². The molecule has 21 heavy (non-hydrogen) atoms. The van der Waals surface area contributed by atoms with Crippen LogP contribution in [0, 0.1) is 5.82 Å². The van der Waals surface area contributed by atoms with Crippen molar-refractivity contribution in [3.05, 3.63) is 35.6 Å². The van der Waals surface area contributed by atoms with Crippen molar-refractivity contribution in [1.29, 1.82) is 0 Å². The molecule has 5 nitrogen and oxygen atoms in total. The minimum Gasteiger partial charge on any atom is -0.481 e. The van der Waals surface area contributed by atoms with Gasteiger partial charge in [0.25, 0.3) is 0 Å². The largest absolute Gasteiger partial charge is 0.481 e. The lowest BCUT2D eigenvalue weighted by Crippen LogP contribution is -2.43. The first-order valence-corrected chi connectivity index (χ1v) is 6.96. The van der Waals surface area contributed by atoms with E-state index in [1.165, 1.54) is 12.1 Å². The van der Waals surface area contributed by atoms with Crippen molar-refractivity contribution < 1.29 is 19.1 Å². The zero-order chi connectivity index (χ0) is 15.8. The van der Waals surface area contributed by atoms with Crippen molar-refractivity contribution in [1.82, 2.24) is 10.6 Å². The Kier molecular flexibility index (Phi) is 6.65. The maximum Gasteiger partial charge on any atom is 0.315 e. The summed E-state index contributed by atoms with van der Waals surface area (Å²) in [5.74, 6) is -1.28. The molecule has 1 rings (SSSR count). The minimum atomic E-state index is -0.944. The normalized spacial score (nSPS) is 13.3. The molecular formula is C15H21FN2O3. The lowest BCUT2D eigenvalue weighted by atomic mass is 10.1. The van der Waals surface area contributed by atoms with Gasteiger partial charge in [0, 0.05) is 6.04 Å². The van der Waals surface area contributed by atoms with E-state index in [1.54, 1.807) is 19.1 Å². The number of hydrogen-bond donors (Lipinski definition) is 3. The highest BCUT2D eigenvalue weighted by molar-refractivity contribution is 5.76. The van der Waals surface area contributed by atoms with E-state index >= 15 is 0 Å². The Labute approximate surface area is 123 Å². The molecule has 0 aromatic heterocycles. The first-order valence-electron chi connectivity index (χ1n) is 6.96. The number of carbonyl (C=O) groups excluding carboxylic acids is 1. The van der Waals surface area contributed by atoms with Crippen LogP contribution in [0.5, 0.6) is 0 Å². The molecule has 0 spiro atoms. The van der Waals surface area contributed by atoms with Crippen LogP contribution in [0.15, 0.2) is 24.3 Å². The van der Waals surface area contributed by atoms with E-state index in [2.05, 4.69) is 10.6 Å². The number of carbonyl (C=O) groups is 2. The molecule has 0 bridgehead atoms. The van der Waals surface area contributed by atoms with Gasteiger partial charge in [-0.05, 0) is 31.0 Å². The molecule has 0 aliphatic rings. The van der Waals surface area contributed by atoms with Gasteiger partial charge in [-0.25, -0.2) is 9.18 Å². The number of aliphatic carboxylic acids is 1. The fraction of sp³-hybridized carbons (Fsp3) is 0.467. The van der Waals surface area contributed by atoms with Crippen LogP contribution in [0.2, 0.25) is 0 Å². The summed E-state index contributed by atoms with van der Waals surface area (Å²) in [5.41, 5.74) is 0.775. The second-order valence-corrected chi connectivity index (χ2v) is 4.97. The van der Waals surface area contributed by atoms with Crippen molar-refractivity contribution in [2.45, 2.75) is 45.2 Å². The van der Waals surface area contributed by atoms with Gasteiger partial charge in [-0.3, -0.25) is 4.79 Å². The Morgan fingerprint density at radius 2 is 1.86 bits per heavy atom. The lowest BCUT2D eigenvalue weighted by Gasteiger charge is -2.19. The van der Waals surface area contributed by atoms with E-state index in [1.807, 2.05) is 6.92 Å². The topological polar surface area (TPSA) is 78.4 Å². The van der Waals surface area contributed by atoms with Crippen molar-refractivity contribution in [2.24, 2.45) is 0 Å². The number of benzene rings is 1. The first kappa shape index (κ1) is 16.9. The second kappa shape index (κ2) is 8.24. The lowest BCUT2D eigenvalue weighted by molar-refractivity contribution is -0.137. The van der Waals surface area contributed by atoms with E-state index in [0.29, 0.717) is 6.42 Å². The number of rotatable bonds is 7. The number of amides is 2. The van der Waals surface area contributed by atoms with Crippen molar-refractivity contribution in [3.63, 3.8) is 0 Å². The number of carboxylic acid groups (broad SMARTS) is 1. The fourth-order valence-corrected chi connectivity index (χ4v) is 2.04. The number of hydrogen-bond acceptors (Lipinski definition) is 2. The zero-order valence-electron chi connectivity index (χ0n) is 12.2. The van der Waals surface area contributed by atoms with Crippen molar-refractivity contribution in [2.75, 3.05) is 0 Å². The third-order valence-corrected chi connectivity index (χ3v) is 3.11. The highest BCUT2D eigenvalue weighted by atomic mass is 19.1. The monoisotopic (exact) mass is 296 g/mol. The smallest absolute Gasteiger partial charge is 0.315 e. The fourth-order valence-electron chi connectivity index (χ4n) is 2.04. The molecule has 2 atom stereocenters. The molecule has 0 radical (unpaired) electrons.